The maximum Gasteiger partial charge on any atom is 0.434 e. The predicted octanol–water partition coefficient (Wildman–Crippen LogP) is 6.88. The average molecular weight is 547 g/mol. The number of piperidine rings is 1. The molecule has 0 bridgehead atoms. The number of ether oxygens (including phenoxy) is 2. The molecule has 1 aliphatic heterocycles. The molecule has 1 fully saturated rings. The summed E-state index contributed by atoms with van der Waals surface area (Å²) in [5.41, 5.74) is 0.776. The molecule has 0 amide bonds. The van der Waals surface area contributed by atoms with E-state index in [2.05, 4.69) is 47.5 Å². The molecule has 1 saturated heterocycles. The highest BCUT2D eigenvalue weighted by Gasteiger charge is 2.35. The molecule has 0 saturated carbocycles. The second-order valence-electron chi connectivity index (χ2n) is 11.2. The van der Waals surface area contributed by atoms with Crippen LogP contribution in [-0.4, -0.2) is 48.9 Å². The van der Waals surface area contributed by atoms with Crippen molar-refractivity contribution in [1.82, 2.24) is 14.5 Å². The van der Waals surface area contributed by atoms with Gasteiger partial charge in [-0.25, -0.2) is 9.97 Å². The fraction of sp³-hybridized carbons (Fsp3) is 0.500. The van der Waals surface area contributed by atoms with Gasteiger partial charge in [-0.15, -0.1) is 0 Å². The molecule has 10 heteroatoms. The first-order valence-electron chi connectivity index (χ1n) is 13.1. The van der Waals surface area contributed by atoms with Gasteiger partial charge in [-0.3, -0.25) is 0 Å². The Morgan fingerprint density at radius 2 is 1.84 bits per heavy atom. The second-order valence-corrected chi connectivity index (χ2v) is 16.8. The summed E-state index contributed by atoms with van der Waals surface area (Å²) in [4.78, 5) is 10.7. The zero-order valence-electron chi connectivity index (χ0n) is 22.6. The lowest BCUT2D eigenvalue weighted by Crippen LogP contribution is -2.36. The highest BCUT2D eigenvalue weighted by molar-refractivity contribution is 6.76. The molecule has 206 valence electrons. The molecule has 4 rings (SSSR count). The van der Waals surface area contributed by atoms with Gasteiger partial charge in [0.2, 0.25) is 0 Å². The normalized spacial score (nSPS) is 15.2. The van der Waals surface area contributed by atoms with E-state index >= 15 is 0 Å². The number of halogens is 3. The van der Waals surface area contributed by atoms with E-state index in [9.17, 15) is 13.2 Å². The SMILES string of the molecule is Cc1cccc(OCC2CCN(c3ccc(-c4nc(C(F)(F)F)cn4COCC[Si](C)(C)C)cn3)CC2)c1. The Bertz CT molecular complexity index is 1180. The molecule has 0 spiro atoms. The summed E-state index contributed by atoms with van der Waals surface area (Å²) in [5, 5.41) is 0. The molecule has 38 heavy (non-hydrogen) atoms. The van der Waals surface area contributed by atoms with Crippen molar-refractivity contribution in [1.29, 1.82) is 0 Å². The number of hydrogen-bond donors (Lipinski definition) is 0. The number of imidazole rings is 1. The lowest BCUT2D eigenvalue weighted by molar-refractivity contribution is -0.141. The van der Waals surface area contributed by atoms with Crippen molar-refractivity contribution >= 4 is 13.9 Å². The number of hydrogen-bond acceptors (Lipinski definition) is 5. The number of benzene rings is 1. The van der Waals surface area contributed by atoms with Crippen molar-refractivity contribution in [2.45, 2.75) is 58.4 Å². The van der Waals surface area contributed by atoms with Crippen LogP contribution in [0.4, 0.5) is 19.0 Å². The van der Waals surface area contributed by atoms with Crippen LogP contribution in [0.2, 0.25) is 25.7 Å². The van der Waals surface area contributed by atoms with Crippen LogP contribution < -0.4 is 9.64 Å². The molecular weight excluding hydrogens is 509 g/mol. The van der Waals surface area contributed by atoms with Crippen LogP contribution in [0.5, 0.6) is 5.75 Å². The zero-order chi connectivity index (χ0) is 27.3. The van der Waals surface area contributed by atoms with E-state index < -0.39 is 19.9 Å². The Labute approximate surface area is 223 Å². The van der Waals surface area contributed by atoms with Gasteiger partial charge in [0.15, 0.2) is 5.69 Å². The smallest absolute Gasteiger partial charge is 0.434 e. The Kier molecular flexibility index (Phi) is 8.82. The van der Waals surface area contributed by atoms with Gasteiger partial charge in [0.05, 0.1) is 6.61 Å². The molecule has 0 N–H and O–H groups in total. The van der Waals surface area contributed by atoms with Crippen LogP contribution >= 0.6 is 0 Å². The van der Waals surface area contributed by atoms with Gasteiger partial charge < -0.3 is 18.9 Å². The van der Waals surface area contributed by atoms with Gasteiger partial charge in [-0.2, -0.15) is 13.2 Å². The minimum absolute atomic E-state index is 0.0166. The summed E-state index contributed by atoms with van der Waals surface area (Å²) in [6.45, 7) is 11.7. The molecule has 2 aromatic heterocycles. The van der Waals surface area contributed by atoms with Crippen molar-refractivity contribution < 1.29 is 22.6 Å². The molecule has 1 aliphatic rings. The van der Waals surface area contributed by atoms with Crippen LogP contribution in [0.15, 0.2) is 48.8 Å². The Morgan fingerprint density at radius 3 is 2.47 bits per heavy atom. The standard InChI is InChI=1S/C28H37F3N4O2Si/c1-21-6-5-7-24(16-21)37-19-22-10-12-34(13-11-22)26-9-8-23(17-32-26)27-33-25(28(29,30)31)18-35(27)20-36-14-15-38(2,3)4/h5-9,16-18,22H,10-15,19-20H2,1-4H3. The second kappa shape index (κ2) is 11.9. The van der Waals surface area contributed by atoms with Crippen LogP contribution in [-0.2, 0) is 17.6 Å². The summed E-state index contributed by atoms with van der Waals surface area (Å²) < 4.78 is 53.3. The monoisotopic (exact) mass is 546 g/mol. The fourth-order valence-corrected chi connectivity index (χ4v) is 5.13. The van der Waals surface area contributed by atoms with Crippen molar-refractivity contribution in [3.8, 4) is 17.1 Å². The quantitative estimate of drug-likeness (QED) is 0.205. The van der Waals surface area contributed by atoms with Crippen molar-refractivity contribution in [3.63, 3.8) is 0 Å². The van der Waals surface area contributed by atoms with E-state index in [1.165, 1.54) is 10.1 Å². The lowest BCUT2D eigenvalue weighted by atomic mass is 9.98. The highest BCUT2D eigenvalue weighted by Crippen LogP contribution is 2.32. The van der Waals surface area contributed by atoms with Gasteiger partial charge in [-0.1, -0.05) is 31.8 Å². The number of pyridine rings is 1. The minimum Gasteiger partial charge on any atom is -0.493 e. The molecule has 6 nitrogen and oxygen atoms in total. The number of nitrogens with zero attached hydrogens (tertiary/aromatic N) is 4. The molecular formula is C28H37F3N4O2Si. The van der Waals surface area contributed by atoms with Crippen LogP contribution in [0.25, 0.3) is 11.4 Å². The number of rotatable bonds is 10. The van der Waals surface area contributed by atoms with Gasteiger partial charge >= 0.3 is 6.18 Å². The van der Waals surface area contributed by atoms with E-state index in [0.29, 0.717) is 24.7 Å². The van der Waals surface area contributed by atoms with E-state index in [0.717, 1.165) is 49.7 Å². The van der Waals surface area contributed by atoms with Crippen LogP contribution in [0.1, 0.15) is 24.1 Å². The van der Waals surface area contributed by atoms with Gasteiger partial charge in [0.25, 0.3) is 0 Å². The topological polar surface area (TPSA) is 52.4 Å². The van der Waals surface area contributed by atoms with Crippen LogP contribution in [0, 0.1) is 12.8 Å². The number of anilines is 1. The predicted molar refractivity (Wildman–Crippen MR) is 146 cm³/mol. The van der Waals surface area contributed by atoms with Crippen LogP contribution in [0.3, 0.4) is 0 Å². The van der Waals surface area contributed by atoms with E-state index in [4.69, 9.17) is 9.47 Å². The van der Waals surface area contributed by atoms with Crippen molar-refractivity contribution in [3.05, 3.63) is 60.0 Å². The number of aryl methyl sites for hydroxylation is 1. The molecule has 0 unspecified atom stereocenters. The van der Waals surface area contributed by atoms with E-state index in [-0.39, 0.29) is 12.6 Å². The third-order valence-electron chi connectivity index (χ3n) is 6.71. The Balaban J connectivity index is 1.36. The van der Waals surface area contributed by atoms with Gasteiger partial charge in [-0.05, 0) is 61.6 Å². The number of alkyl halides is 3. The molecule has 1 aromatic carbocycles. The fourth-order valence-electron chi connectivity index (χ4n) is 4.38. The summed E-state index contributed by atoms with van der Waals surface area (Å²) >= 11 is 0. The average Bonchev–Trinajstić information content (AvgIpc) is 3.30. The summed E-state index contributed by atoms with van der Waals surface area (Å²) in [5.74, 6) is 2.39. The maximum absolute atomic E-state index is 13.4. The van der Waals surface area contributed by atoms with Gasteiger partial charge in [0.1, 0.15) is 24.1 Å². The van der Waals surface area contributed by atoms with Gasteiger partial charge in [0, 0.05) is 45.7 Å². The molecule has 3 aromatic rings. The summed E-state index contributed by atoms with van der Waals surface area (Å²) in [7, 11) is -1.30. The third kappa shape index (κ3) is 7.83. The van der Waals surface area contributed by atoms with Crippen molar-refractivity contribution in [2.75, 3.05) is 31.2 Å². The largest absolute Gasteiger partial charge is 0.493 e. The minimum atomic E-state index is -4.53. The maximum atomic E-state index is 13.4. The molecule has 0 aliphatic carbocycles. The summed E-state index contributed by atoms with van der Waals surface area (Å²) in [6, 6.07) is 12.7. The molecule has 3 heterocycles. The first-order valence-corrected chi connectivity index (χ1v) is 16.8. The molecule has 0 atom stereocenters. The highest BCUT2D eigenvalue weighted by atomic mass is 28.3. The Hall–Kier alpha value is -2.85. The Morgan fingerprint density at radius 1 is 1.08 bits per heavy atom. The first kappa shape index (κ1) is 28.2. The van der Waals surface area contributed by atoms with E-state index in [1.54, 1.807) is 12.3 Å². The summed E-state index contributed by atoms with van der Waals surface area (Å²) in [6.07, 6.45) is 0.0660. The van der Waals surface area contributed by atoms with E-state index in [1.807, 2.05) is 24.3 Å². The lowest BCUT2D eigenvalue weighted by Gasteiger charge is -2.32. The molecule has 0 radical (unpaired) electrons. The third-order valence-corrected chi connectivity index (χ3v) is 8.42. The number of aromatic nitrogens is 3. The van der Waals surface area contributed by atoms with Crippen molar-refractivity contribution in [2.24, 2.45) is 5.92 Å². The zero-order valence-corrected chi connectivity index (χ0v) is 23.6. The first-order chi connectivity index (χ1) is 18.0.